The van der Waals surface area contributed by atoms with Gasteiger partial charge in [-0.25, -0.2) is 4.79 Å². The monoisotopic (exact) mass is 154 g/mol. The Morgan fingerprint density at radius 2 is 2.27 bits per heavy atom. The zero-order valence-corrected chi connectivity index (χ0v) is 6.79. The number of carbonyl (C=O) groups is 1. The van der Waals surface area contributed by atoms with E-state index < -0.39 is 5.97 Å². The van der Waals surface area contributed by atoms with E-state index in [1.807, 2.05) is 6.08 Å². The first kappa shape index (κ1) is 8.31. The summed E-state index contributed by atoms with van der Waals surface area (Å²) in [6, 6.07) is 0. The third-order valence-electron chi connectivity index (χ3n) is 2.36. The van der Waals surface area contributed by atoms with Crippen LogP contribution in [-0.4, -0.2) is 11.1 Å². The molecule has 2 nitrogen and oxygen atoms in total. The molecule has 11 heavy (non-hydrogen) atoms. The summed E-state index contributed by atoms with van der Waals surface area (Å²) in [6.45, 7) is 2.18. The lowest BCUT2D eigenvalue weighted by atomic mass is 9.73. The Labute approximate surface area is 66.9 Å². The maximum Gasteiger partial charge on any atom is 0.327 e. The normalized spacial score (nSPS) is 30.3. The molecule has 0 heterocycles. The van der Waals surface area contributed by atoms with Gasteiger partial charge >= 0.3 is 5.97 Å². The van der Waals surface area contributed by atoms with Crippen molar-refractivity contribution < 1.29 is 9.90 Å². The summed E-state index contributed by atoms with van der Waals surface area (Å²) >= 11 is 0. The predicted molar refractivity (Wildman–Crippen MR) is 43.3 cm³/mol. The molecular formula is C9H14O2. The highest BCUT2D eigenvalue weighted by Crippen LogP contribution is 2.36. The van der Waals surface area contributed by atoms with Gasteiger partial charge in [0.2, 0.25) is 0 Å². The standard InChI is InChI=1S/C9H14O2/c1-2-7-5-8(6-7)3-4-9(10)11/h3-4,7-8H,2,5-6H2,1H3,(H,10,11)/b4-3+. The van der Waals surface area contributed by atoms with Gasteiger partial charge in [0.05, 0.1) is 0 Å². The fourth-order valence-electron chi connectivity index (χ4n) is 1.50. The van der Waals surface area contributed by atoms with E-state index >= 15 is 0 Å². The van der Waals surface area contributed by atoms with Crippen molar-refractivity contribution in [2.75, 3.05) is 0 Å². The van der Waals surface area contributed by atoms with Crippen molar-refractivity contribution in [3.63, 3.8) is 0 Å². The van der Waals surface area contributed by atoms with Crippen LogP contribution in [0.25, 0.3) is 0 Å². The summed E-state index contributed by atoms with van der Waals surface area (Å²) in [7, 11) is 0. The second kappa shape index (κ2) is 3.56. The Hall–Kier alpha value is -0.790. The van der Waals surface area contributed by atoms with Gasteiger partial charge in [0.25, 0.3) is 0 Å². The SMILES string of the molecule is CCC1CC(/C=C/C(=O)O)C1. The van der Waals surface area contributed by atoms with Crippen LogP contribution in [-0.2, 0) is 4.79 Å². The first-order valence-corrected chi connectivity index (χ1v) is 4.13. The van der Waals surface area contributed by atoms with Crippen LogP contribution < -0.4 is 0 Å². The van der Waals surface area contributed by atoms with E-state index in [2.05, 4.69) is 6.92 Å². The number of rotatable bonds is 3. The first-order valence-electron chi connectivity index (χ1n) is 4.13. The van der Waals surface area contributed by atoms with Gasteiger partial charge in [-0.2, -0.15) is 0 Å². The second-order valence-corrected chi connectivity index (χ2v) is 3.20. The van der Waals surface area contributed by atoms with Crippen LogP contribution in [0, 0.1) is 11.8 Å². The van der Waals surface area contributed by atoms with E-state index in [-0.39, 0.29) is 0 Å². The van der Waals surface area contributed by atoms with E-state index in [0.717, 1.165) is 5.92 Å². The average Bonchev–Trinajstić information content (AvgIpc) is 1.84. The number of hydrogen-bond donors (Lipinski definition) is 1. The van der Waals surface area contributed by atoms with Crippen molar-refractivity contribution in [2.45, 2.75) is 26.2 Å². The van der Waals surface area contributed by atoms with Crippen LogP contribution >= 0.6 is 0 Å². The molecule has 0 bridgehead atoms. The Morgan fingerprint density at radius 3 is 2.73 bits per heavy atom. The molecule has 0 spiro atoms. The van der Waals surface area contributed by atoms with E-state index in [4.69, 9.17) is 5.11 Å². The number of aliphatic carboxylic acids is 1. The van der Waals surface area contributed by atoms with Crippen molar-refractivity contribution >= 4 is 5.97 Å². The highest BCUT2D eigenvalue weighted by atomic mass is 16.4. The largest absolute Gasteiger partial charge is 0.478 e. The minimum atomic E-state index is -0.829. The van der Waals surface area contributed by atoms with Gasteiger partial charge in [-0.1, -0.05) is 19.4 Å². The van der Waals surface area contributed by atoms with Crippen molar-refractivity contribution in [3.05, 3.63) is 12.2 Å². The summed E-state index contributed by atoms with van der Waals surface area (Å²) < 4.78 is 0. The molecule has 1 saturated carbocycles. The van der Waals surface area contributed by atoms with Crippen molar-refractivity contribution in [1.82, 2.24) is 0 Å². The lowest BCUT2D eigenvalue weighted by molar-refractivity contribution is -0.131. The number of carboxylic acids is 1. The molecule has 62 valence electrons. The molecule has 0 aromatic rings. The van der Waals surface area contributed by atoms with E-state index in [0.29, 0.717) is 5.92 Å². The number of hydrogen-bond acceptors (Lipinski definition) is 1. The molecule has 0 radical (unpaired) electrons. The fraction of sp³-hybridized carbons (Fsp3) is 0.667. The van der Waals surface area contributed by atoms with Gasteiger partial charge in [-0.3, -0.25) is 0 Å². The van der Waals surface area contributed by atoms with Crippen LogP contribution in [0.5, 0.6) is 0 Å². The summed E-state index contributed by atoms with van der Waals surface area (Å²) in [6.07, 6.45) is 6.67. The van der Waals surface area contributed by atoms with Crippen LogP contribution in [0.2, 0.25) is 0 Å². The Balaban J connectivity index is 2.18. The molecule has 0 atom stereocenters. The summed E-state index contributed by atoms with van der Waals surface area (Å²) in [5.41, 5.74) is 0. The third-order valence-corrected chi connectivity index (χ3v) is 2.36. The number of carboxylic acid groups (broad SMARTS) is 1. The van der Waals surface area contributed by atoms with Crippen molar-refractivity contribution in [1.29, 1.82) is 0 Å². The molecule has 1 aliphatic carbocycles. The van der Waals surface area contributed by atoms with Gasteiger partial charge in [-0.15, -0.1) is 0 Å². The maximum absolute atomic E-state index is 10.1. The fourth-order valence-corrected chi connectivity index (χ4v) is 1.50. The molecule has 1 aliphatic rings. The third kappa shape index (κ3) is 2.37. The molecule has 0 amide bonds. The van der Waals surface area contributed by atoms with Crippen LogP contribution in [0.1, 0.15) is 26.2 Å². The Bertz CT molecular complexity index is 166. The van der Waals surface area contributed by atoms with E-state index in [9.17, 15) is 4.79 Å². The van der Waals surface area contributed by atoms with Gasteiger partial charge in [-0.05, 0) is 24.7 Å². The molecule has 0 aromatic heterocycles. The molecule has 1 N–H and O–H groups in total. The average molecular weight is 154 g/mol. The van der Waals surface area contributed by atoms with Gasteiger partial charge in [0, 0.05) is 6.08 Å². The zero-order valence-electron chi connectivity index (χ0n) is 6.79. The second-order valence-electron chi connectivity index (χ2n) is 3.20. The lowest BCUT2D eigenvalue weighted by Gasteiger charge is -2.32. The van der Waals surface area contributed by atoms with Crippen LogP contribution in [0.3, 0.4) is 0 Å². The molecule has 0 unspecified atom stereocenters. The molecular weight excluding hydrogens is 140 g/mol. The Morgan fingerprint density at radius 1 is 1.64 bits per heavy atom. The molecule has 2 heteroatoms. The topological polar surface area (TPSA) is 37.3 Å². The van der Waals surface area contributed by atoms with Crippen molar-refractivity contribution in [3.8, 4) is 0 Å². The van der Waals surface area contributed by atoms with Crippen molar-refractivity contribution in [2.24, 2.45) is 11.8 Å². The summed E-state index contributed by atoms with van der Waals surface area (Å²) in [5, 5.41) is 8.32. The van der Waals surface area contributed by atoms with Crippen LogP contribution in [0.15, 0.2) is 12.2 Å². The molecule has 1 fully saturated rings. The zero-order chi connectivity index (χ0) is 8.27. The predicted octanol–water partition coefficient (Wildman–Crippen LogP) is 2.06. The van der Waals surface area contributed by atoms with Gasteiger partial charge in [0.1, 0.15) is 0 Å². The van der Waals surface area contributed by atoms with Gasteiger partial charge in [0.15, 0.2) is 0 Å². The van der Waals surface area contributed by atoms with E-state index in [1.54, 1.807) is 0 Å². The van der Waals surface area contributed by atoms with Gasteiger partial charge < -0.3 is 5.11 Å². The molecule has 1 rings (SSSR count). The summed E-state index contributed by atoms with van der Waals surface area (Å²) in [5.74, 6) is 0.555. The molecule has 0 aromatic carbocycles. The minimum absolute atomic E-state index is 0.538. The Kier molecular flexibility index (Phi) is 2.69. The van der Waals surface area contributed by atoms with E-state index in [1.165, 1.54) is 25.3 Å². The minimum Gasteiger partial charge on any atom is -0.478 e. The van der Waals surface area contributed by atoms with Crippen LogP contribution in [0.4, 0.5) is 0 Å². The summed E-state index contributed by atoms with van der Waals surface area (Å²) in [4.78, 5) is 10.1. The molecule has 0 aliphatic heterocycles. The molecule has 0 saturated heterocycles. The quantitative estimate of drug-likeness (QED) is 0.632. The highest BCUT2D eigenvalue weighted by molar-refractivity contribution is 5.79. The lowest BCUT2D eigenvalue weighted by Crippen LogP contribution is -2.21. The maximum atomic E-state index is 10.1. The first-order chi connectivity index (χ1) is 5.22. The highest BCUT2D eigenvalue weighted by Gasteiger charge is 2.24. The number of allylic oxidation sites excluding steroid dienone is 1. The smallest absolute Gasteiger partial charge is 0.327 e.